The van der Waals surface area contributed by atoms with Gasteiger partial charge in [-0.05, 0) is 37.1 Å². The average Bonchev–Trinajstić information content (AvgIpc) is 2.26. The third-order valence-electron chi connectivity index (χ3n) is 2.68. The van der Waals surface area contributed by atoms with Crippen molar-refractivity contribution in [3.63, 3.8) is 0 Å². The molecule has 1 heterocycles. The van der Waals surface area contributed by atoms with Crippen LogP contribution in [0.3, 0.4) is 0 Å². The molecule has 0 aromatic carbocycles. The average molecular weight is 192 g/mol. The van der Waals surface area contributed by atoms with Gasteiger partial charge < -0.3 is 5.32 Å². The maximum Gasteiger partial charge on any atom is 0.0293 e. The molecule has 1 aromatic heterocycles. The van der Waals surface area contributed by atoms with E-state index in [4.69, 9.17) is 0 Å². The predicted octanol–water partition coefficient (Wildman–Crippen LogP) is 2.78. The van der Waals surface area contributed by atoms with E-state index >= 15 is 0 Å². The summed E-state index contributed by atoms with van der Waals surface area (Å²) < 4.78 is 0. The fourth-order valence-electron chi connectivity index (χ4n) is 1.29. The van der Waals surface area contributed by atoms with Gasteiger partial charge in [0, 0.05) is 18.4 Å². The summed E-state index contributed by atoms with van der Waals surface area (Å²) >= 11 is 0. The molecule has 0 aliphatic rings. The zero-order chi connectivity index (χ0) is 10.4. The van der Waals surface area contributed by atoms with Crippen molar-refractivity contribution in [2.45, 2.75) is 33.2 Å². The monoisotopic (exact) mass is 192 g/mol. The molecule has 2 nitrogen and oxygen atoms in total. The summed E-state index contributed by atoms with van der Waals surface area (Å²) in [7, 11) is 0. The Bertz CT molecular complexity index is 246. The Morgan fingerprint density at radius 3 is 2.50 bits per heavy atom. The van der Waals surface area contributed by atoms with Crippen molar-refractivity contribution in [2.24, 2.45) is 5.92 Å². The van der Waals surface area contributed by atoms with E-state index in [1.807, 2.05) is 12.4 Å². The molecule has 1 rings (SSSR count). The molecule has 2 heteroatoms. The third kappa shape index (κ3) is 3.46. The van der Waals surface area contributed by atoms with Crippen LogP contribution >= 0.6 is 0 Å². The second-order valence-electron chi connectivity index (χ2n) is 3.92. The van der Waals surface area contributed by atoms with Crippen LogP contribution in [0.4, 0.5) is 0 Å². The Kier molecular flexibility index (Phi) is 4.60. The largest absolute Gasteiger partial charge is 0.310 e. The fourth-order valence-corrected chi connectivity index (χ4v) is 1.29. The lowest BCUT2D eigenvalue weighted by Crippen LogP contribution is -2.24. The summed E-state index contributed by atoms with van der Waals surface area (Å²) in [4.78, 5) is 4.01. The molecule has 0 saturated carbocycles. The molecule has 0 spiro atoms. The first kappa shape index (κ1) is 11.2. The van der Waals surface area contributed by atoms with Gasteiger partial charge in [0.1, 0.15) is 0 Å². The smallest absolute Gasteiger partial charge is 0.0293 e. The molecule has 0 amide bonds. The number of nitrogens with one attached hydrogen (secondary N) is 1. The topological polar surface area (TPSA) is 24.9 Å². The molecule has 1 aromatic rings. The van der Waals surface area contributed by atoms with Gasteiger partial charge in [0.05, 0.1) is 0 Å². The Morgan fingerprint density at radius 1 is 1.29 bits per heavy atom. The minimum atomic E-state index is 0.423. The molecule has 0 fully saturated rings. The maximum absolute atomic E-state index is 4.01. The second-order valence-corrected chi connectivity index (χ2v) is 3.92. The minimum absolute atomic E-state index is 0.423. The van der Waals surface area contributed by atoms with E-state index in [-0.39, 0.29) is 0 Å². The van der Waals surface area contributed by atoms with Crippen molar-refractivity contribution < 1.29 is 0 Å². The summed E-state index contributed by atoms with van der Waals surface area (Å²) in [6.07, 6.45) is 4.92. The highest BCUT2D eigenvalue weighted by Crippen LogP contribution is 2.11. The van der Waals surface area contributed by atoms with E-state index in [1.165, 1.54) is 12.0 Å². The number of rotatable bonds is 5. The number of nitrogens with zero attached hydrogens (tertiary/aromatic N) is 1. The van der Waals surface area contributed by atoms with Crippen molar-refractivity contribution in [3.05, 3.63) is 30.1 Å². The Labute approximate surface area is 86.8 Å². The molecule has 2 atom stereocenters. The molecule has 0 radical (unpaired) electrons. The highest BCUT2D eigenvalue weighted by molar-refractivity contribution is 5.13. The number of hydrogen-bond acceptors (Lipinski definition) is 2. The molecule has 1 N–H and O–H groups in total. The first-order valence-electron chi connectivity index (χ1n) is 5.37. The van der Waals surface area contributed by atoms with Crippen LogP contribution in [-0.2, 0) is 0 Å². The molecule has 14 heavy (non-hydrogen) atoms. The molecule has 0 aliphatic heterocycles. The standard InChI is InChI=1S/C12H20N2/c1-4-10(2)9-14-11(3)12-5-7-13-8-6-12/h5-8,10-11,14H,4,9H2,1-3H3/t10-,11-/m1/s1. The zero-order valence-electron chi connectivity index (χ0n) is 9.33. The van der Waals surface area contributed by atoms with Gasteiger partial charge in [-0.3, -0.25) is 4.98 Å². The van der Waals surface area contributed by atoms with Crippen LogP contribution in [0.1, 0.15) is 38.8 Å². The molecular weight excluding hydrogens is 172 g/mol. The fraction of sp³-hybridized carbons (Fsp3) is 0.583. The van der Waals surface area contributed by atoms with Crippen molar-refractivity contribution >= 4 is 0 Å². The highest BCUT2D eigenvalue weighted by Gasteiger charge is 2.05. The van der Waals surface area contributed by atoms with Gasteiger partial charge in [0.25, 0.3) is 0 Å². The number of hydrogen-bond donors (Lipinski definition) is 1. The predicted molar refractivity (Wildman–Crippen MR) is 60.1 cm³/mol. The van der Waals surface area contributed by atoms with Gasteiger partial charge in [-0.1, -0.05) is 20.3 Å². The van der Waals surface area contributed by atoms with Crippen molar-refractivity contribution in [3.8, 4) is 0 Å². The maximum atomic E-state index is 4.01. The van der Waals surface area contributed by atoms with Crippen LogP contribution in [0.25, 0.3) is 0 Å². The van der Waals surface area contributed by atoms with E-state index in [0.29, 0.717) is 6.04 Å². The van der Waals surface area contributed by atoms with Crippen molar-refractivity contribution in [1.29, 1.82) is 0 Å². The lowest BCUT2D eigenvalue weighted by molar-refractivity contribution is 0.461. The SMILES string of the molecule is CC[C@@H](C)CN[C@H](C)c1ccncc1. The quantitative estimate of drug-likeness (QED) is 0.776. The molecular formula is C12H20N2. The summed E-state index contributed by atoms with van der Waals surface area (Å²) in [5.74, 6) is 0.749. The van der Waals surface area contributed by atoms with E-state index in [9.17, 15) is 0 Å². The van der Waals surface area contributed by atoms with E-state index in [1.54, 1.807) is 0 Å². The van der Waals surface area contributed by atoms with Crippen LogP contribution < -0.4 is 5.32 Å². The summed E-state index contributed by atoms with van der Waals surface area (Å²) in [5, 5.41) is 3.52. The first-order valence-corrected chi connectivity index (χ1v) is 5.37. The third-order valence-corrected chi connectivity index (χ3v) is 2.68. The van der Waals surface area contributed by atoms with E-state index in [2.05, 4.69) is 43.2 Å². The molecule has 0 aliphatic carbocycles. The van der Waals surface area contributed by atoms with Crippen LogP contribution in [0.5, 0.6) is 0 Å². The molecule has 0 bridgehead atoms. The molecule has 0 unspecified atom stereocenters. The van der Waals surface area contributed by atoms with Gasteiger partial charge in [0.2, 0.25) is 0 Å². The molecule has 78 valence electrons. The zero-order valence-corrected chi connectivity index (χ0v) is 9.33. The Hall–Kier alpha value is -0.890. The van der Waals surface area contributed by atoms with E-state index in [0.717, 1.165) is 12.5 Å². The summed E-state index contributed by atoms with van der Waals surface area (Å²) in [5.41, 5.74) is 1.31. The number of aromatic nitrogens is 1. The van der Waals surface area contributed by atoms with Gasteiger partial charge in [-0.15, -0.1) is 0 Å². The van der Waals surface area contributed by atoms with Gasteiger partial charge >= 0.3 is 0 Å². The highest BCUT2D eigenvalue weighted by atomic mass is 14.9. The van der Waals surface area contributed by atoms with Crippen LogP contribution in [0, 0.1) is 5.92 Å². The lowest BCUT2D eigenvalue weighted by atomic mass is 10.1. The Balaban J connectivity index is 2.39. The number of pyridine rings is 1. The van der Waals surface area contributed by atoms with E-state index < -0.39 is 0 Å². The summed E-state index contributed by atoms with van der Waals surface area (Å²) in [6, 6.07) is 4.55. The first-order chi connectivity index (χ1) is 6.74. The van der Waals surface area contributed by atoms with Crippen LogP contribution in [0.15, 0.2) is 24.5 Å². The van der Waals surface area contributed by atoms with Crippen LogP contribution in [0.2, 0.25) is 0 Å². The normalized spacial score (nSPS) is 15.1. The van der Waals surface area contributed by atoms with Crippen molar-refractivity contribution in [1.82, 2.24) is 10.3 Å². The van der Waals surface area contributed by atoms with Crippen LogP contribution in [-0.4, -0.2) is 11.5 Å². The second kappa shape index (κ2) is 5.76. The van der Waals surface area contributed by atoms with Gasteiger partial charge in [0.15, 0.2) is 0 Å². The summed E-state index contributed by atoms with van der Waals surface area (Å²) in [6.45, 7) is 7.77. The van der Waals surface area contributed by atoms with Gasteiger partial charge in [-0.2, -0.15) is 0 Å². The van der Waals surface area contributed by atoms with Crippen molar-refractivity contribution in [2.75, 3.05) is 6.54 Å². The minimum Gasteiger partial charge on any atom is -0.310 e. The van der Waals surface area contributed by atoms with Gasteiger partial charge in [-0.25, -0.2) is 0 Å². The Morgan fingerprint density at radius 2 is 1.93 bits per heavy atom. The molecule has 0 saturated heterocycles. The lowest BCUT2D eigenvalue weighted by Gasteiger charge is -2.16.